The van der Waals surface area contributed by atoms with Crippen LogP contribution in [0.4, 0.5) is 0 Å². The van der Waals surface area contributed by atoms with Gasteiger partial charge in [0.1, 0.15) is 16.8 Å². The number of hydrogen-bond acceptors (Lipinski definition) is 17. The van der Waals surface area contributed by atoms with Gasteiger partial charge in [0.05, 0.1) is 41.0 Å². The van der Waals surface area contributed by atoms with Crippen molar-refractivity contribution in [1.29, 1.82) is 0 Å². The van der Waals surface area contributed by atoms with Crippen molar-refractivity contribution in [1.82, 2.24) is 0 Å². The summed E-state index contributed by atoms with van der Waals surface area (Å²) < 4.78 is 98.9. The molecule has 0 aromatic carbocycles. The minimum atomic E-state index is -4.49. The topological polar surface area (TPSA) is 248 Å². The molecule has 12 unspecified atom stereocenters. The molecule has 7 aliphatic rings. The standard InChI is InChI=1S/C48H80O17S4/c1-29-7-8-31(26-43(29)66-64-62-51)47(50)33-10-24-42(45(28-33)69(56,57)58)61-39-21-15-36(16-22-39)48(2,34-11-17-37(59-3)18-12-34)35-13-19-38(20-14-35)60-41-23-9-32(27-44(41)67-65-63-52)46(49)30-5-4-6-40(25-30)68(53,54)55/h29-45,51-52H,4-28H2,1-3H3,(H,53,54,55)(H,56,57,58). The second-order valence-electron chi connectivity index (χ2n) is 22.3. The van der Waals surface area contributed by atoms with E-state index in [0.717, 1.165) is 108 Å². The minimum absolute atomic E-state index is 0.0214. The summed E-state index contributed by atoms with van der Waals surface area (Å²) >= 11 is 1.96. The highest BCUT2D eigenvalue weighted by atomic mass is 32.2. The van der Waals surface area contributed by atoms with Gasteiger partial charge in [-0.05, 0) is 183 Å². The fraction of sp³-hybridized carbons (Fsp3) is 0.958. The van der Waals surface area contributed by atoms with Gasteiger partial charge in [-0.1, -0.05) is 30.3 Å². The van der Waals surface area contributed by atoms with Crippen LogP contribution >= 0.6 is 24.1 Å². The quantitative estimate of drug-likeness (QED) is 0.0383. The van der Waals surface area contributed by atoms with E-state index in [1.807, 2.05) is 0 Å². The van der Waals surface area contributed by atoms with E-state index in [1.165, 1.54) is 0 Å². The SMILES string of the molecule is COC1CCC(C(C)(C2CCC(OC3CCC(C(=O)C4CCCC(S(=O)(=O)O)C4)CC3SOOO)CC2)C2CCC(OC3CCC(C(=O)C4CCC(C)C(SOOO)C4)CC3S(=O)(=O)O)CC2)CC1. The molecule has 12 atom stereocenters. The normalized spacial score (nSPS) is 40.7. The third-order valence-corrected chi connectivity index (χ3v) is 23.2. The molecule has 7 rings (SSSR count). The molecule has 0 aliphatic heterocycles. The molecular weight excluding hydrogens is 977 g/mol. The molecule has 0 spiro atoms. The van der Waals surface area contributed by atoms with Gasteiger partial charge >= 0.3 is 0 Å². The van der Waals surface area contributed by atoms with E-state index >= 15 is 0 Å². The zero-order chi connectivity index (χ0) is 49.5. The van der Waals surface area contributed by atoms with Gasteiger partial charge in [0.25, 0.3) is 20.2 Å². The van der Waals surface area contributed by atoms with Crippen molar-refractivity contribution in [3.05, 3.63) is 0 Å². The van der Waals surface area contributed by atoms with Crippen LogP contribution < -0.4 is 0 Å². The number of carbonyl (C=O) groups excluding carboxylic acids is 2. The van der Waals surface area contributed by atoms with Crippen LogP contribution in [-0.4, -0.2) is 107 Å². The summed E-state index contributed by atoms with van der Waals surface area (Å²) in [6.07, 6.45) is 17.2. The highest BCUT2D eigenvalue weighted by Gasteiger charge is 2.51. The maximum Gasteiger partial charge on any atom is 0.270 e. The van der Waals surface area contributed by atoms with Crippen molar-refractivity contribution in [2.75, 3.05) is 7.11 Å². The maximum atomic E-state index is 13.8. The van der Waals surface area contributed by atoms with Gasteiger partial charge in [-0.2, -0.15) is 16.8 Å². The van der Waals surface area contributed by atoms with Crippen molar-refractivity contribution >= 4 is 55.9 Å². The summed E-state index contributed by atoms with van der Waals surface area (Å²) in [6, 6.07) is 0. The highest BCUT2D eigenvalue weighted by Crippen LogP contribution is 2.57. The first kappa shape index (κ1) is 56.2. The molecule has 0 bridgehead atoms. The van der Waals surface area contributed by atoms with Crippen LogP contribution in [0.25, 0.3) is 0 Å². The highest BCUT2D eigenvalue weighted by molar-refractivity contribution is 7.95. The second kappa shape index (κ2) is 25.4. The lowest BCUT2D eigenvalue weighted by atomic mass is 9.52. The van der Waals surface area contributed by atoms with Gasteiger partial charge in [-0.15, -0.1) is 8.67 Å². The first-order valence-corrected chi connectivity index (χ1v) is 30.6. The van der Waals surface area contributed by atoms with E-state index in [0.29, 0.717) is 82.0 Å². The number of Topliss-reactive ketones (excluding diaryl/α,β-unsaturated/α-hetero) is 2. The molecule has 0 heterocycles. The lowest BCUT2D eigenvalue weighted by molar-refractivity contribution is -0.432. The van der Waals surface area contributed by atoms with E-state index in [-0.39, 0.29) is 82.5 Å². The van der Waals surface area contributed by atoms with Crippen LogP contribution in [0.15, 0.2) is 0 Å². The second-order valence-corrected chi connectivity index (χ2v) is 27.5. The van der Waals surface area contributed by atoms with E-state index in [9.17, 15) is 35.5 Å². The van der Waals surface area contributed by atoms with Gasteiger partial charge in [-0.3, -0.25) is 18.7 Å². The third-order valence-electron chi connectivity index (χ3n) is 18.7. The summed E-state index contributed by atoms with van der Waals surface area (Å²) in [5.74, 6) is 0.295. The molecule has 69 heavy (non-hydrogen) atoms. The Morgan fingerprint density at radius 1 is 0.522 bits per heavy atom. The fourth-order valence-electron chi connectivity index (χ4n) is 14.7. The molecule has 7 aliphatic carbocycles. The summed E-state index contributed by atoms with van der Waals surface area (Å²) in [4.78, 5) is 27.6. The Balaban J connectivity index is 0.942. The third kappa shape index (κ3) is 14.3. The van der Waals surface area contributed by atoms with Gasteiger partial charge in [0.15, 0.2) is 0 Å². The average Bonchev–Trinajstić information content (AvgIpc) is 3.35. The molecule has 17 nitrogen and oxygen atoms in total. The van der Waals surface area contributed by atoms with Crippen LogP contribution in [0.1, 0.15) is 174 Å². The predicted molar refractivity (Wildman–Crippen MR) is 258 cm³/mol. The zero-order valence-electron chi connectivity index (χ0n) is 40.7. The van der Waals surface area contributed by atoms with Crippen LogP contribution in [0.3, 0.4) is 0 Å². The first-order valence-electron chi connectivity index (χ1n) is 26.0. The summed E-state index contributed by atoms with van der Waals surface area (Å²) in [5.41, 5.74) is 0.0618. The van der Waals surface area contributed by atoms with Crippen molar-refractivity contribution in [2.24, 2.45) is 52.8 Å². The number of hydrogen-bond donors (Lipinski definition) is 4. The number of ketones is 2. The molecular formula is C48H80O17S4. The van der Waals surface area contributed by atoms with E-state index in [1.54, 1.807) is 7.11 Å². The smallest absolute Gasteiger partial charge is 0.270 e. The number of ether oxygens (including phenoxy) is 3. The van der Waals surface area contributed by atoms with Crippen LogP contribution in [0.5, 0.6) is 0 Å². The summed E-state index contributed by atoms with van der Waals surface area (Å²) in [5, 5.41) is 23.1. The molecule has 0 aromatic rings. The fourth-order valence-corrected chi connectivity index (χ4v) is 18.2. The molecule has 4 N–H and O–H groups in total. The summed E-state index contributed by atoms with van der Waals surface area (Å²) in [7, 11) is -6.90. The molecule has 7 fully saturated rings. The first-order chi connectivity index (χ1) is 32.9. The Labute approximate surface area is 418 Å². The van der Waals surface area contributed by atoms with Crippen LogP contribution in [0, 0.1) is 52.8 Å². The molecule has 0 aromatic heterocycles. The zero-order valence-corrected chi connectivity index (χ0v) is 44.0. The summed E-state index contributed by atoms with van der Waals surface area (Å²) in [6.45, 7) is 4.59. The van der Waals surface area contributed by atoms with Gasteiger partial charge < -0.3 is 14.2 Å². The van der Waals surface area contributed by atoms with Crippen LogP contribution in [0.2, 0.25) is 0 Å². The average molecular weight is 1060 g/mol. The van der Waals surface area contributed by atoms with Gasteiger partial charge in [0.2, 0.25) is 0 Å². The number of carbonyl (C=O) groups is 2. The molecule has 0 amide bonds. The molecule has 398 valence electrons. The number of rotatable bonds is 20. The Bertz CT molecular complexity index is 1870. The van der Waals surface area contributed by atoms with E-state index < -0.39 is 48.7 Å². The molecule has 0 saturated heterocycles. The van der Waals surface area contributed by atoms with Crippen molar-refractivity contribution in [3.8, 4) is 0 Å². The van der Waals surface area contributed by atoms with Crippen molar-refractivity contribution < 1.29 is 79.0 Å². The lowest BCUT2D eigenvalue weighted by Crippen LogP contribution is -2.49. The molecule has 21 heteroatoms. The Hall–Kier alpha value is -0.500. The Morgan fingerprint density at radius 3 is 1.48 bits per heavy atom. The van der Waals surface area contributed by atoms with Gasteiger partial charge in [-0.25, -0.2) is 10.5 Å². The predicted octanol–water partition coefficient (Wildman–Crippen LogP) is 9.84. The van der Waals surface area contributed by atoms with Gasteiger partial charge in [0, 0.05) is 60.1 Å². The van der Waals surface area contributed by atoms with Crippen molar-refractivity contribution in [3.63, 3.8) is 0 Å². The maximum absolute atomic E-state index is 13.8. The van der Waals surface area contributed by atoms with E-state index in [4.69, 9.17) is 33.4 Å². The molecule has 0 radical (unpaired) electrons. The van der Waals surface area contributed by atoms with Crippen LogP contribution in [-0.2, 0) is 62.8 Å². The van der Waals surface area contributed by atoms with Crippen molar-refractivity contribution in [2.45, 2.75) is 226 Å². The Kier molecular flexibility index (Phi) is 20.7. The van der Waals surface area contributed by atoms with E-state index in [2.05, 4.69) is 23.9 Å². The molecule has 7 saturated carbocycles. The lowest BCUT2D eigenvalue weighted by Gasteiger charge is -2.54. The minimum Gasteiger partial charge on any atom is -0.381 e. The number of methoxy groups -OCH3 is 1. The Morgan fingerprint density at radius 2 is 0.971 bits per heavy atom. The monoisotopic (exact) mass is 1060 g/mol. The largest absolute Gasteiger partial charge is 0.381 e.